The Morgan fingerprint density at radius 1 is 1.15 bits per heavy atom. The van der Waals surface area contributed by atoms with Crippen LogP contribution in [0.4, 0.5) is 5.13 Å². The Hall–Kier alpha value is -2.68. The molecule has 0 spiro atoms. The van der Waals surface area contributed by atoms with Gasteiger partial charge in [0.2, 0.25) is 11.0 Å². The highest BCUT2D eigenvalue weighted by molar-refractivity contribution is 7.15. The maximum atomic E-state index is 12.4. The number of carbonyl (C=O) groups is 1. The normalized spacial score (nSPS) is 15.1. The molecule has 3 aromatic rings. The van der Waals surface area contributed by atoms with Crippen molar-refractivity contribution in [2.45, 2.75) is 51.0 Å². The van der Waals surface area contributed by atoms with E-state index in [-0.39, 0.29) is 24.4 Å². The van der Waals surface area contributed by atoms with E-state index in [1.165, 1.54) is 35.3 Å². The molecular formula is C18H20N6O2S. The number of hydrogen-bond acceptors (Lipinski definition) is 7. The first-order valence-corrected chi connectivity index (χ1v) is 9.98. The fraction of sp³-hybridized carbons (Fsp3) is 0.444. The second kappa shape index (κ2) is 7.91. The van der Waals surface area contributed by atoms with Crippen LogP contribution in [0, 0.1) is 0 Å². The number of carbonyl (C=O) groups excluding carboxylic acids is 1. The molecule has 1 saturated carbocycles. The second-order valence-corrected chi connectivity index (χ2v) is 7.72. The van der Waals surface area contributed by atoms with Crippen molar-refractivity contribution in [3.63, 3.8) is 0 Å². The van der Waals surface area contributed by atoms with E-state index in [1.807, 2.05) is 0 Å². The zero-order valence-electron chi connectivity index (χ0n) is 14.8. The van der Waals surface area contributed by atoms with E-state index in [2.05, 4.69) is 25.8 Å². The fourth-order valence-corrected chi connectivity index (χ4v) is 4.29. The molecular weight excluding hydrogens is 364 g/mol. The van der Waals surface area contributed by atoms with Crippen LogP contribution < -0.4 is 10.9 Å². The molecule has 0 aliphatic heterocycles. The van der Waals surface area contributed by atoms with Crippen molar-refractivity contribution in [1.29, 1.82) is 0 Å². The van der Waals surface area contributed by atoms with E-state index in [0.29, 0.717) is 22.0 Å². The number of nitrogens with zero attached hydrogens (tertiary/aromatic N) is 5. The number of anilines is 1. The third-order valence-corrected chi connectivity index (χ3v) is 5.82. The largest absolute Gasteiger partial charge is 0.300 e. The maximum Gasteiger partial charge on any atom is 0.277 e. The smallest absolute Gasteiger partial charge is 0.277 e. The van der Waals surface area contributed by atoms with Gasteiger partial charge < -0.3 is 5.32 Å². The van der Waals surface area contributed by atoms with Gasteiger partial charge in [0.05, 0.1) is 11.9 Å². The summed E-state index contributed by atoms with van der Waals surface area (Å²) in [5, 5.41) is 21.0. The molecule has 1 N–H and O–H groups in total. The Bertz CT molecular complexity index is 1010. The monoisotopic (exact) mass is 384 g/mol. The molecule has 0 atom stereocenters. The molecule has 4 rings (SSSR count). The molecule has 27 heavy (non-hydrogen) atoms. The van der Waals surface area contributed by atoms with Crippen LogP contribution >= 0.6 is 11.3 Å². The summed E-state index contributed by atoms with van der Waals surface area (Å²) in [6, 6.07) is 7.02. The van der Waals surface area contributed by atoms with Gasteiger partial charge in [-0.25, -0.2) is 4.68 Å². The van der Waals surface area contributed by atoms with E-state index >= 15 is 0 Å². The predicted molar refractivity (Wildman–Crippen MR) is 103 cm³/mol. The minimum Gasteiger partial charge on any atom is -0.300 e. The molecule has 1 aliphatic carbocycles. The minimum atomic E-state index is -0.246. The van der Waals surface area contributed by atoms with Crippen LogP contribution in [0.1, 0.15) is 49.5 Å². The summed E-state index contributed by atoms with van der Waals surface area (Å²) in [6.45, 7) is 0.163. The van der Waals surface area contributed by atoms with E-state index in [1.54, 1.807) is 24.3 Å². The molecule has 0 saturated heterocycles. The van der Waals surface area contributed by atoms with Crippen molar-refractivity contribution in [3.8, 4) is 0 Å². The molecule has 2 aromatic heterocycles. The minimum absolute atomic E-state index is 0.116. The first-order valence-electron chi connectivity index (χ1n) is 9.16. The van der Waals surface area contributed by atoms with Gasteiger partial charge in [-0.15, -0.1) is 15.3 Å². The number of amides is 1. The number of benzene rings is 1. The molecule has 8 nitrogen and oxygen atoms in total. The molecule has 1 aliphatic rings. The highest BCUT2D eigenvalue weighted by Crippen LogP contribution is 2.35. The van der Waals surface area contributed by atoms with Crippen molar-refractivity contribution in [1.82, 2.24) is 25.2 Å². The lowest BCUT2D eigenvalue weighted by Gasteiger charge is -2.18. The summed E-state index contributed by atoms with van der Waals surface area (Å²) < 4.78 is 1.22. The Labute approximate surface area is 159 Å². The molecule has 0 unspecified atom stereocenters. The standard InChI is InChI=1S/C18H20N6O2S/c25-15(19-18-22-21-16(27-18)12-6-2-1-3-7-12)10-11-24-17(26)13-8-4-5-9-14(13)20-23-24/h4-5,8-9,12H,1-3,6-7,10-11H2,(H,19,22,25). The number of aryl methyl sites for hydroxylation is 1. The number of hydrogen-bond donors (Lipinski definition) is 1. The third-order valence-electron chi connectivity index (χ3n) is 4.82. The van der Waals surface area contributed by atoms with Gasteiger partial charge in [-0.3, -0.25) is 9.59 Å². The Kier molecular flexibility index (Phi) is 5.19. The van der Waals surface area contributed by atoms with Crippen LogP contribution in [-0.4, -0.2) is 31.1 Å². The van der Waals surface area contributed by atoms with Crippen molar-refractivity contribution in [2.24, 2.45) is 0 Å². The van der Waals surface area contributed by atoms with Gasteiger partial charge >= 0.3 is 0 Å². The van der Waals surface area contributed by atoms with Crippen molar-refractivity contribution in [3.05, 3.63) is 39.6 Å². The quantitative estimate of drug-likeness (QED) is 0.725. The summed E-state index contributed by atoms with van der Waals surface area (Å²) in [6.07, 6.45) is 6.15. The lowest BCUT2D eigenvalue weighted by Crippen LogP contribution is -2.26. The van der Waals surface area contributed by atoms with Gasteiger partial charge in [0.1, 0.15) is 10.5 Å². The number of fused-ring (bicyclic) bond motifs is 1. The zero-order valence-corrected chi connectivity index (χ0v) is 15.6. The lowest BCUT2D eigenvalue weighted by atomic mass is 9.90. The molecule has 9 heteroatoms. The topological polar surface area (TPSA) is 103 Å². The second-order valence-electron chi connectivity index (χ2n) is 6.71. The van der Waals surface area contributed by atoms with E-state index < -0.39 is 0 Å². The highest BCUT2D eigenvalue weighted by atomic mass is 32.1. The van der Waals surface area contributed by atoms with Crippen LogP contribution in [0.2, 0.25) is 0 Å². The van der Waals surface area contributed by atoms with Gasteiger partial charge in [0.25, 0.3) is 5.56 Å². The average Bonchev–Trinajstić information content (AvgIpc) is 3.17. The van der Waals surface area contributed by atoms with Crippen LogP contribution in [-0.2, 0) is 11.3 Å². The third kappa shape index (κ3) is 4.02. The van der Waals surface area contributed by atoms with Gasteiger partial charge in [-0.05, 0) is 25.0 Å². The summed E-state index contributed by atoms with van der Waals surface area (Å²) >= 11 is 1.44. The van der Waals surface area contributed by atoms with E-state index in [9.17, 15) is 9.59 Å². The molecule has 2 heterocycles. The average molecular weight is 384 g/mol. The zero-order chi connectivity index (χ0) is 18.6. The van der Waals surface area contributed by atoms with Crippen LogP contribution in [0.25, 0.3) is 10.9 Å². The molecule has 1 amide bonds. The predicted octanol–water partition coefficient (Wildman–Crippen LogP) is 2.72. The molecule has 140 valence electrons. The Morgan fingerprint density at radius 3 is 2.81 bits per heavy atom. The van der Waals surface area contributed by atoms with E-state index in [0.717, 1.165) is 17.8 Å². The van der Waals surface area contributed by atoms with Gasteiger partial charge in [-0.2, -0.15) is 0 Å². The molecule has 1 aromatic carbocycles. The van der Waals surface area contributed by atoms with Crippen LogP contribution in [0.5, 0.6) is 0 Å². The van der Waals surface area contributed by atoms with Crippen LogP contribution in [0.3, 0.4) is 0 Å². The number of nitrogens with one attached hydrogen (secondary N) is 1. The van der Waals surface area contributed by atoms with E-state index in [4.69, 9.17) is 0 Å². The molecule has 1 fully saturated rings. The van der Waals surface area contributed by atoms with Gasteiger partial charge in [0, 0.05) is 12.3 Å². The Balaban J connectivity index is 1.37. The summed E-state index contributed by atoms with van der Waals surface area (Å²) in [5.74, 6) is 0.247. The van der Waals surface area contributed by atoms with Crippen LogP contribution in [0.15, 0.2) is 29.1 Å². The lowest BCUT2D eigenvalue weighted by molar-refractivity contribution is -0.116. The summed E-state index contributed by atoms with van der Waals surface area (Å²) in [4.78, 5) is 24.6. The number of rotatable bonds is 5. The first kappa shape index (κ1) is 17.7. The number of aromatic nitrogens is 5. The fourth-order valence-electron chi connectivity index (χ4n) is 3.36. The van der Waals surface area contributed by atoms with Crippen molar-refractivity contribution in [2.75, 3.05) is 5.32 Å². The SMILES string of the molecule is O=C(CCn1nnc2ccccc2c1=O)Nc1nnc(C2CCCCC2)s1. The molecule has 0 bridgehead atoms. The highest BCUT2D eigenvalue weighted by Gasteiger charge is 2.20. The van der Waals surface area contributed by atoms with Gasteiger partial charge in [0.15, 0.2) is 0 Å². The van der Waals surface area contributed by atoms with Crippen molar-refractivity contribution < 1.29 is 4.79 Å². The first-order chi connectivity index (χ1) is 13.2. The Morgan fingerprint density at radius 2 is 1.96 bits per heavy atom. The maximum absolute atomic E-state index is 12.4. The van der Waals surface area contributed by atoms with Crippen molar-refractivity contribution >= 4 is 33.3 Å². The molecule has 0 radical (unpaired) electrons. The summed E-state index contributed by atoms with van der Waals surface area (Å²) in [7, 11) is 0. The summed E-state index contributed by atoms with van der Waals surface area (Å²) in [5.41, 5.74) is 0.302. The van der Waals surface area contributed by atoms with Gasteiger partial charge in [-0.1, -0.05) is 47.9 Å².